The van der Waals surface area contributed by atoms with Crippen LogP contribution < -0.4 is 9.75 Å². The Balaban J connectivity index is 1.45. The number of aromatic nitrogens is 2. The normalized spacial score (nSPS) is 17.3. The number of fused-ring (bicyclic) bond motifs is 1. The predicted octanol–water partition coefficient (Wildman–Crippen LogP) is 4.81. The van der Waals surface area contributed by atoms with Crippen LogP contribution in [0.5, 0.6) is 5.75 Å². The summed E-state index contributed by atoms with van der Waals surface area (Å²) in [6, 6.07) is 15.1. The molecule has 3 aromatic rings. The highest BCUT2D eigenvalue weighted by Crippen LogP contribution is 2.30. The summed E-state index contributed by atoms with van der Waals surface area (Å²) in [5, 5.41) is 4.73. The van der Waals surface area contributed by atoms with Crippen molar-refractivity contribution < 1.29 is 4.74 Å². The second-order valence-corrected chi connectivity index (χ2v) is 8.41. The lowest BCUT2D eigenvalue weighted by atomic mass is 10.00. The van der Waals surface area contributed by atoms with Gasteiger partial charge in [0.2, 0.25) is 0 Å². The zero-order valence-corrected chi connectivity index (χ0v) is 19.0. The number of amidine groups is 1. The summed E-state index contributed by atoms with van der Waals surface area (Å²) >= 11 is 0. The number of hydrogen-bond donors (Lipinski definition) is 0. The van der Waals surface area contributed by atoms with Crippen LogP contribution in [0.4, 0.5) is 5.69 Å². The zero-order valence-electron chi connectivity index (χ0n) is 19.0. The number of hydrogen-bond acceptors (Lipinski definition) is 5. The van der Waals surface area contributed by atoms with Crippen molar-refractivity contribution in [3.05, 3.63) is 77.4 Å². The number of anilines is 1. The number of nitrogens with zero attached hydrogens (tertiary/aromatic N) is 5. The van der Waals surface area contributed by atoms with E-state index in [0.717, 1.165) is 61.0 Å². The van der Waals surface area contributed by atoms with Crippen LogP contribution >= 0.6 is 0 Å². The van der Waals surface area contributed by atoms with Gasteiger partial charge in [0.25, 0.3) is 0 Å². The number of imidazole rings is 1. The number of aryl methyl sites for hydroxylation is 2. The Morgan fingerprint density at radius 3 is 2.59 bits per heavy atom. The van der Waals surface area contributed by atoms with E-state index in [1.165, 1.54) is 16.8 Å². The summed E-state index contributed by atoms with van der Waals surface area (Å²) in [5.41, 5.74) is 6.87. The minimum absolute atomic E-state index is 0.805. The van der Waals surface area contributed by atoms with Crippen molar-refractivity contribution in [1.29, 1.82) is 0 Å². The Labute approximate surface area is 189 Å². The first-order valence-corrected chi connectivity index (χ1v) is 11.2. The molecule has 2 aliphatic rings. The van der Waals surface area contributed by atoms with Crippen molar-refractivity contribution in [3.63, 3.8) is 0 Å². The first-order chi connectivity index (χ1) is 15.6. The molecule has 6 nitrogen and oxygen atoms in total. The van der Waals surface area contributed by atoms with E-state index in [4.69, 9.17) is 9.73 Å². The topological polar surface area (TPSA) is 45.9 Å². The summed E-state index contributed by atoms with van der Waals surface area (Å²) in [6.07, 6.45) is 8.22. The van der Waals surface area contributed by atoms with Gasteiger partial charge in [-0.2, -0.15) is 0 Å². The number of benzene rings is 2. The van der Waals surface area contributed by atoms with Crippen LogP contribution in [-0.2, 0) is 0 Å². The molecule has 3 heterocycles. The fourth-order valence-corrected chi connectivity index (χ4v) is 4.47. The first kappa shape index (κ1) is 20.4. The summed E-state index contributed by atoms with van der Waals surface area (Å²) in [4.78, 5) is 9.26. The third-order valence-electron chi connectivity index (χ3n) is 6.08. The quantitative estimate of drug-likeness (QED) is 0.599. The molecule has 32 heavy (non-hydrogen) atoms. The average molecular weight is 428 g/mol. The van der Waals surface area contributed by atoms with E-state index in [9.17, 15) is 0 Å². The van der Waals surface area contributed by atoms with Gasteiger partial charge in [-0.15, -0.1) is 0 Å². The lowest BCUT2D eigenvalue weighted by Crippen LogP contribution is -2.53. The van der Waals surface area contributed by atoms with Crippen LogP contribution in [0, 0.1) is 13.8 Å². The molecule has 1 saturated heterocycles. The van der Waals surface area contributed by atoms with Crippen molar-refractivity contribution in [3.8, 4) is 11.4 Å². The maximum atomic E-state index is 5.70. The van der Waals surface area contributed by atoms with Crippen molar-refractivity contribution >= 4 is 17.6 Å². The fraction of sp³-hybridized carbons (Fsp3) is 0.308. The smallest absolute Gasteiger partial charge is 0.145 e. The van der Waals surface area contributed by atoms with Crippen molar-refractivity contribution in [2.45, 2.75) is 26.7 Å². The number of hydrazine groups is 1. The highest BCUT2D eigenvalue weighted by atomic mass is 16.5. The third kappa shape index (κ3) is 3.88. The van der Waals surface area contributed by atoms with Crippen LogP contribution in [0.3, 0.4) is 0 Å². The van der Waals surface area contributed by atoms with Crippen LogP contribution in [0.25, 0.3) is 11.8 Å². The number of piperidine rings is 1. The van der Waals surface area contributed by atoms with Crippen molar-refractivity contribution in [2.24, 2.45) is 4.99 Å². The van der Waals surface area contributed by atoms with E-state index in [1.54, 1.807) is 7.11 Å². The van der Waals surface area contributed by atoms with E-state index in [2.05, 4.69) is 70.5 Å². The summed E-state index contributed by atoms with van der Waals surface area (Å²) in [5.74, 6) is 1.92. The van der Waals surface area contributed by atoms with Gasteiger partial charge < -0.3 is 9.30 Å². The van der Waals surface area contributed by atoms with Gasteiger partial charge in [-0.25, -0.2) is 4.98 Å². The standard InChI is InChI=1S/C26H29N5O/c1-19-6-9-23(10-7-19)30-14-12-27-26-22(5-4-13-31(26)30)15-21-8-11-24(25(16-21)32-3)29-17-20(2)28-18-29/h6-11,15-18H,4-5,12-14H2,1-3H3. The molecule has 0 unspecified atom stereocenters. The molecule has 1 aromatic heterocycles. The minimum Gasteiger partial charge on any atom is -0.495 e. The van der Waals surface area contributed by atoms with E-state index >= 15 is 0 Å². The summed E-state index contributed by atoms with van der Waals surface area (Å²) in [7, 11) is 1.71. The SMILES string of the molecule is COc1cc(C=C2CCCN3C2=NCCN3c2ccc(C)cc2)ccc1-n1cnc(C)c1. The monoisotopic (exact) mass is 427 g/mol. The van der Waals surface area contributed by atoms with Gasteiger partial charge in [0.15, 0.2) is 0 Å². The van der Waals surface area contributed by atoms with E-state index in [-0.39, 0.29) is 0 Å². The van der Waals surface area contributed by atoms with Gasteiger partial charge >= 0.3 is 0 Å². The second kappa shape index (κ2) is 8.54. The number of ether oxygens (including phenoxy) is 1. The third-order valence-corrected chi connectivity index (χ3v) is 6.08. The molecule has 2 aromatic carbocycles. The van der Waals surface area contributed by atoms with Gasteiger partial charge in [0.1, 0.15) is 11.6 Å². The van der Waals surface area contributed by atoms with Gasteiger partial charge in [-0.3, -0.25) is 15.0 Å². The molecule has 2 aliphatic heterocycles. The largest absolute Gasteiger partial charge is 0.495 e. The number of rotatable bonds is 4. The van der Waals surface area contributed by atoms with Crippen LogP contribution in [0.15, 0.2) is 65.6 Å². The molecule has 164 valence electrons. The Morgan fingerprint density at radius 2 is 1.84 bits per heavy atom. The van der Waals surface area contributed by atoms with Gasteiger partial charge in [0, 0.05) is 12.7 Å². The molecule has 0 bridgehead atoms. The summed E-state index contributed by atoms with van der Waals surface area (Å²) in [6.45, 7) is 6.82. The Morgan fingerprint density at radius 1 is 1.00 bits per heavy atom. The molecule has 0 atom stereocenters. The molecule has 0 amide bonds. The van der Waals surface area contributed by atoms with Gasteiger partial charge in [-0.05, 0) is 68.2 Å². The second-order valence-electron chi connectivity index (χ2n) is 8.41. The van der Waals surface area contributed by atoms with Crippen LogP contribution in [0.2, 0.25) is 0 Å². The van der Waals surface area contributed by atoms with Gasteiger partial charge in [-0.1, -0.05) is 23.8 Å². The molecular weight excluding hydrogens is 398 g/mol. The highest BCUT2D eigenvalue weighted by molar-refractivity contribution is 6.04. The first-order valence-electron chi connectivity index (χ1n) is 11.2. The molecule has 6 heteroatoms. The fourth-order valence-electron chi connectivity index (χ4n) is 4.47. The average Bonchev–Trinajstić information content (AvgIpc) is 3.25. The molecule has 5 rings (SSSR count). The Kier molecular flexibility index (Phi) is 5.43. The molecule has 0 saturated carbocycles. The number of methoxy groups -OCH3 is 1. The molecule has 0 N–H and O–H groups in total. The summed E-state index contributed by atoms with van der Waals surface area (Å²) < 4.78 is 7.70. The maximum absolute atomic E-state index is 5.70. The molecule has 1 fully saturated rings. The minimum atomic E-state index is 0.805. The Hall–Kier alpha value is -3.54. The predicted molar refractivity (Wildman–Crippen MR) is 130 cm³/mol. The molecule has 0 radical (unpaired) electrons. The van der Waals surface area contributed by atoms with E-state index < -0.39 is 0 Å². The van der Waals surface area contributed by atoms with Crippen LogP contribution in [0.1, 0.15) is 29.7 Å². The van der Waals surface area contributed by atoms with Gasteiger partial charge in [0.05, 0.1) is 43.6 Å². The number of aliphatic imine (C=N–C) groups is 1. The Bertz CT molecular complexity index is 1180. The lowest BCUT2D eigenvalue weighted by Gasteiger charge is -2.44. The van der Waals surface area contributed by atoms with Crippen molar-refractivity contribution in [2.75, 3.05) is 31.8 Å². The molecular formula is C26H29N5O. The van der Waals surface area contributed by atoms with Crippen molar-refractivity contribution in [1.82, 2.24) is 14.6 Å². The maximum Gasteiger partial charge on any atom is 0.145 e. The van der Waals surface area contributed by atoms with E-state index in [0.29, 0.717) is 0 Å². The lowest BCUT2D eigenvalue weighted by molar-refractivity contribution is 0.348. The van der Waals surface area contributed by atoms with Crippen LogP contribution in [-0.4, -0.2) is 47.1 Å². The zero-order chi connectivity index (χ0) is 22.1. The van der Waals surface area contributed by atoms with E-state index in [1.807, 2.05) is 24.0 Å². The highest BCUT2D eigenvalue weighted by Gasteiger charge is 2.29. The molecule has 0 spiro atoms. The molecule has 0 aliphatic carbocycles.